The molecule has 0 bridgehead atoms. The molecule has 0 saturated heterocycles. The third-order valence-electron chi connectivity index (χ3n) is 1.44. The fraction of sp³-hybridized carbons (Fsp3) is 0.778. The average Bonchev–Trinajstić information content (AvgIpc) is 1.80. The fourth-order valence-corrected chi connectivity index (χ4v) is 0.638. The van der Waals surface area contributed by atoms with E-state index >= 15 is 0 Å². The van der Waals surface area contributed by atoms with E-state index in [2.05, 4.69) is 0 Å². The van der Waals surface area contributed by atoms with Crippen LogP contribution in [0.15, 0.2) is 0 Å². The number of ketones is 1. The molecule has 0 fully saturated rings. The van der Waals surface area contributed by atoms with Crippen molar-refractivity contribution in [2.75, 3.05) is 0 Å². The summed E-state index contributed by atoms with van der Waals surface area (Å²) < 4.78 is 0. The molecule has 0 aliphatic carbocycles. The van der Waals surface area contributed by atoms with Crippen LogP contribution >= 0.6 is 0 Å². The van der Waals surface area contributed by atoms with Crippen molar-refractivity contribution < 1.29 is 4.79 Å². The van der Waals surface area contributed by atoms with Crippen LogP contribution in [0, 0.1) is 12.3 Å². The second-order valence-electron chi connectivity index (χ2n) is 3.57. The lowest BCUT2D eigenvalue weighted by Gasteiger charge is -2.15. The molecular weight excluding hydrogens is 124 g/mol. The van der Waals surface area contributed by atoms with E-state index in [0.717, 1.165) is 6.42 Å². The van der Waals surface area contributed by atoms with Gasteiger partial charge < -0.3 is 0 Å². The topological polar surface area (TPSA) is 17.1 Å². The van der Waals surface area contributed by atoms with Crippen molar-refractivity contribution >= 4 is 5.78 Å². The van der Waals surface area contributed by atoms with Gasteiger partial charge in [0, 0.05) is 11.8 Å². The first-order chi connectivity index (χ1) is 4.48. The summed E-state index contributed by atoms with van der Waals surface area (Å²) in [4.78, 5) is 11.2. The highest BCUT2D eigenvalue weighted by Crippen LogP contribution is 2.17. The summed E-state index contributed by atoms with van der Waals surface area (Å²) in [5.74, 6) is 0.304. The largest absolute Gasteiger partial charge is 0.299 e. The lowest BCUT2D eigenvalue weighted by Crippen LogP contribution is -2.19. The van der Waals surface area contributed by atoms with Gasteiger partial charge in [-0.25, -0.2) is 0 Å². The van der Waals surface area contributed by atoms with E-state index in [1.165, 1.54) is 0 Å². The maximum atomic E-state index is 11.2. The maximum absolute atomic E-state index is 11.2. The normalized spacial score (nSPS) is 11.6. The van der Waals surface area contributed by atoms with Gasteiger partial charge >= 0.3 is 0 Å². The zero-order valence-electron chi connectivity index (χ0n) is 7.11. The molecule has 0 aromatic heterocycles. The Morgan fingerprint density at radius 2 is 1.90 bits per heavy atom. The van der Waals surface area contributed by atoms with E-state index in [-0.39, 0.29) is 5.41 Å². The lowest BCUT2D eigenvalue weighted by atomic mass is 9.88. The van der Waals surface area contributed by atoms with E-state index in [9.17, 15) is 4.79 Å². The zero-order chi connectivity index (χ0) is 8.20. The van der Waals surface area contributed by atoms with Crippen LogP contribution in [-0.2, 0) is 4.79 Å². The molecule has 0 heterocycles. The predicted molar refractivity (Wildman–Crippen MR) is 42.6 cm³/mol. The Balaban J connectivity index is 3.64. The van der Waals surface area contributed by atoms with Crippen LogP contribution in [0.2, 0.25) is 0 Å². The van der Waals surface area contributed by atoms with Crippen LogP contribution in [0.25, 0.3) is 0 Å². The Labute approximate surface area is 63.8 Å². The van der Waals surface area contributed by atoms with Crippen LogP contribution in [0.5, 0.6) is 0 Å². The molecule has 0 amide bonds. The van der Waals surface area contributed by atoms with Crippen molar-refractivity contribution in [3.63, 3.8) is 0 Å². The number of carbonyl (C=O) groups excluding carboxylic acids is 1. The quantitative estimate of drug-likeness (QED) is 0.588. The van der Waals surface area contributed by atoms with Crippen molar-refractivity contribution in [1.82, 2.24) is 0 Å². The van der Waals surface area contributed by atoms with E-state index in [4.69, 9.17) is 6.92 Å². The third-order valence-corrected chi connectivity index (χ3v) is 1.44. The minimum absolute atomic E-state index is 0.185. The zero-order valence-corrected chi connectivity index (χ0v) is 7.11. The Morgan fingerprint density at radius 1 is 1.40 bits per heavy atom. The molecule has 0 aromatic carbocycles. The molecule has 0 saturated carbocycles. The van der Waals surface area contributed by atoms with Gasteiger partial charge in [0.25, 0.3) is 0 Å². The van der Waals surface area contributed by atoms with Crippen molar-refractivity contribution in [3.8, 4) is 0 Å². The second kappa shape index (κ2) is 3.75. The standard InChI is InChI=1S/C9H16O/c1-5-6-7-8(10)9(2,3)4/h1H,5-7H2,2-4H3. The second-order valence-corrected chi connectivity index (χ2v) is 3.57. The molecule has 0 aliphatic rings. The van der Waals surface area contributed by atoms with Crippen molar-refractivity contribution in [2.45, 2.75) is 40.0 Å². The SMILES string of the molecule is [CH]CCCC(=O)C(C)(C)C. The molecule has 0 unspecified atom stereocenters. The molecule has 0 spiro atoms. The van der Waals surface area contributed by atoms with Gasteiger partial charge in [-0.15, -0.1) is 0 Å². The fourth-order valence-electron chi connectivity index (χ4n) is 0.638. The summed E-state index contributed by atoms with van der Waals surface area (Å²) in [6.45, 7) is 11.1. The minimum Gasteiger partial charge on any atom is -0.299 e. The third kappa shape index (κ3) is 3.65. The first kappa shape index (κ1) is 9.67. The summed E-state index contributed by atoms with van der Waals surface area (Å²) in [5.41, 5.74) is -0.185. The molecule has 0 atom stereocenters. The smallest absolute Gasteiger partial charge is 0.138 e. The highest BCUT2D eigenvalue weighted by molar-refractivity contribution is 5.83. The minimum atomic E-state index is -0.185. The number of hydrogen-bond donors (Lipinski definition) is 0. The first-order valence-electron chi connectivity index (χ1n) is 3.72. The number of rotatable bonds is 3. The Hall–Kier alpha value is -0.330. The Morgan fingerprint density at radius 3 is 2.20 bits per heavy atom. The van der Waals surface area contributed by atoms with Gasteiger partial charge in [0.2, 0.25) is 0 Å². The van der Waals surface area contributed by atoms with Gasteiger partial charge in [-0.3, -0.25) is 4.79 Å². The van der Waals surface area contributed by atoms with Gasteiger partial charge in [0.15, 0.2) is 0 Å². The van der Waals surface area contributed by atoms with E-state index in [0.29, 0.717) is 18.6 Å². The van der Waals surface area contributed by atoms with Gasteiger partial charge in [-0.05, 0) is 19.8 Å². The maximum Gasteiger partial charge on any atom is 0.138 e. The van der Waals surface area contributed by atoms with Crippen LogP contribution in [-0.4, -0.2) is 5.78 Å². The van der Waals surface area contributed by atoms with E-state index in [1.807, 2.05) is 20.8 Å². The summed E-state index contributed by atoms with van der Waals surface area (Å²) in [5, 5.41) is 0. The van der Waals surface area contributed by atoms with Crippen LogP contribution in [0.1, 0.15) is 40.0 Å². The highest BCUT2D eigenvalue weighted by Gasteiger charge is 2.19. The summed E-state index contributed by atoms with van der Waals surface area (Å²) in [7, 11) is 0. The Kier molecular flexibility index (Phi) is 3.62. The number of unbranched alkanes of at least 4 members (excludes halogenated alkanes) is 1. The molecule has 58 valence electrons. The van der Waals surface area contributed by atoms with Crippen LogP contribution in [0.4, 0.5) is 0 Å². The summed E-state index contributed by atoms with van der Waals surface area (Å²) in [6.07, 6.45) is 2.05. The van der Waals surface area contributed by atoms with Gasteiger partial charge in [0.1, 0.15) is 5.78 Å². The molecule has 1 heteroatoms. The van der Waals surface area contributed by atoms with Gasteiger partial charge in [-0.2, -0.15) is 0 Å². The molecule has 0 aliphatic heterocycles. The van der Waals surface area contributed by atoms with E-state index in [1.54, 1.807) is 0 Å². The number of hydrogen-bond acceptors (Lipinski definition) is 1. The summed E-state index contributed by atoms with van der Waals surface area (Å²) >= 11 is 0. The summed E-state index contributed by atoms with van der Waals surface area (Å²) in [6, 6.07) is 0. The van der Waals surface area contributed by atoms with Crippen LogP contribution < -0.4 is 0 Å². The van der Waals surface area contributed by atoms with Crippen molar-refractivity contribution in [1.29, 1.82) is 0 Å². The molecule has 0 N–H and O–H groups in total. The van der Waals surface area contributed by atoms with Gasteiger partial charge in [0.05, 0.1) is 0 Å². The van der Waals surface area contributed by atoms with Crippen LogP contribution in [0.3, 0.4) is 0 Å². The highest BCUT2D eigenvalue weighted by atomic mass is 16.1. The molecule has 2 radical (unpaired) electrons. The molecule has 10 heavy (non-hydrogen) atoms. The monoisotopic (exact) mass is 140 g/mol. The average molecular weight is 140 g/mol. The lowest BCUT2D eigenvalue weighted by molar-refractivity contribution is -0.126. The van der Waals surface area contributed by atoms with Crippen molar-refractivity contribution in [2.24, 2.45) is 5.41 Å². The molecular formula is C9H16O. The molecule has 0 aromatic rings. The Bertz CT molecular complexity index is 108. The molecule has 0 rings (SSSR count). The predicted octanol–water partition coefficient (Wildman–Crippen LogP) is 2.48. The van der Waals surface area contributed by atoms with Crippen molar-refractivity contribution in [3.05, 3.63) is 6.92 Å². The first-order valence-corrected chi connectivity index (χ1v) is 3.72. The van der Waals surface area contributed by atoms with Gasteiger partial charge in [-0.1, -0.05) is 20.8 Å². The van der Waals surface area contributed by atoms with E-state index < -0.39 is 0 Å². The number of carbonyl (C=O) groups is 1. The number of Topliss-reactive ketones (excluding diaryl/α,β-unsaturated/α-hetero) is 1. The molecule has 1 nitrogen and oxygen atoms in total.